The van der Waals surface area contributed by atoms with Crippen LogP contribution in [0, 0.1) is 5.92 Å². The van der Waals surface area contributed by atoms with Crippen molar-refractivity contribution in [1.29, 1.82) is 0 Å². The molecule has 160 valence electrons. The zero-order valence-corrected chi connectivity index (χ0v) is 18.1. The number of para-hydroxylation sites is 2. The number of aromatic nitrogens is 3. The van der Waals surface area contributed by atoms with E-state index in [0.717, 1.165) is 22.3 Å². The molecular weight excluding hydrogens is 390 g/mol. The van der Waals surface area contributed by atoms with Gasteiger partial charge in [-0.15, -0.1) is 0 Å². The number of nitrogens with zero attached hydrogens (tertiary/aromatic N) is 3. The number of anilines is 1. The van der Waals surface area contributed by atoms with E-state index in [9.17, 15) is 4.79 Å². The highest BCUT2D eigenvalue weighted by Gasteiger charge is 2.24. The third kappa shape index (κ3) is 4.17. The van der Waals surface area contributed by atoms with Gasteiger partial charge in [0.05, 0.1) is 18.1 Å². The van der Waals surface area contributed by atoms with Crippen molar-refractivity contribution in [3.8, 4) is 5.75 Å². The molecule has 0 radical (unpaired) electrons. The number of fused-ring (bicyclic) bond motifs is 2. The molecular formula is C24H27N5O2. The van der Waals surface area contributed by atoms with Gasteiger partial charge in [-0.25, -0.2) is 9.97 Å². The molecule has 0 fully saturated rings. The van der Waals surface area contributed by atoms with Crippen molar-refractivity contribution >= 4 is 33.9 Å². The second-order valence-electron chi connectivity index (χ2n) is 8.00. The Morgan fingerprint density at radius 3 is 2.42 bits per heavy atom. The summed E-state index contributed by atoms with van der Waals surface area (Å²) in [6.07, 6.45) is 0.703. The number of nitrogens with one attached hydrogen (secondary N) is 1. The number of methoxy groups -OCH3 is 1. The number of rotatable bonds is 7. The van der Waals surface area contributed by atoms with Crippen LogP contribution >= 0.6 is 0 Å². The Hall–Kier alpha value is -3.61. The first-order valence-electron chi connectivity index (χ1n) is 10.4. The van der Waals surface area contributed by atoms with E-state index in [2.05, 4.69) is 19.2 Å². The van der Waals surface area contributed by atoms with Gasteiger partial charge in [0.2, 0.25) is 0 Å². The fraction of sp³-hybridized carbons (Fsp3) is 0.292. The van der Waals surface area contributed by atoms with Gasteiger partial charge in [-0.2, -0.15) is 0 Å². The lowest BCUT2D eigenvalue weighted by atomic mass is 10.1. The van der Waals surface area contributed by atoms with E-state index in [1.165, 1.54) is 0 Å². The van der Waals surface area contributed by atoms with Gasteiger partial charge in [0, 0.05) is 13.1 Å². The average molecular weight is 418 g/mol. The number of ether oxygens (including phenoxy) is 1. The minimum atomic E-state index is -0.233. The third-order valence-electron chi connectivity index (χ3n) is 5.22. The summed E-state index contributed by atoms with van der Waals surface area (Å²) in [6.45, 7) is 5.36. The van der Waals surface area contributed by atoms with Gasteiger partial charge in [0.15, 0.2) is 5.65 Å². The van der Waals surface area contributed by atoms with Gasteiger partial charge in [-0.3, -0.25) is 4.79 Å². The SMILES string of the molecule is COc1ccc(CCNC(=O)c2c(N)n(CC(C)C)c3nc4ccccc4nc23)cc1. The fourth-order valence-electron chi connectivity index (χ4n) is 3.69. The smallest absolute Gasteiger partial charge is 0.257 e. The van der Waals surface area contributed by atoms with Gasteiger partial charge in [0.25, 0.3) is 5.91 Å². The second kappa shape index (κ2) is 8.63. The van der Waals surface area contributed by atoms with Crippen molar-refractivity contribution in [1.82, 2.24) is 19.9 Å². The minimum absolute atomic E-state index is 0.233. The standard InChI is InChI=1S/C24H27N5O2/c1-15(2)14-29-22(25)20(21-23(29)28-19-7-5-4-6-18(19)27-21)24(30)26-13-12-16-8-10-17(31-3)11-9-16/h4-11,15H,12-14,25H2,1-3H3,(H,26,30). The van der Waals surface area contributed by atoms with Crippen molar-refractivity contribution in [2.75, 3.05) is 19.4 Å². The van der Waals surface area contributed by atoms with Crippen molar-refractivity contribution in [3.05, 3.63) is 59.7 Å². The van der Waals surface area contributed by atoms with Crippen LogP contribution in [0.5, 0.6) is 5.75 Å². The molecule has 1 amide bonds. The Labute approximate surface area is 181 Å². The number of benzene rings is 2. The van der Waals surface area contributed by atoms with Gasteiger partial charge >= 0.3 is 0 Å². The fourth-order valence-corrected chi connectivity index (χ4v) is 3.69. The van der Waals surface area contributed by atoms with Crippen LogP contribution in [0.2, 0.25) is 0 Å². The third-order valence-corrected chi connectivity index (χ3v) is 5.22. The van der Waals surface area contributed by atoms with E-state index >= 15 is 0 Å². The normalized spacial score (nSPS) is 11.4. The molecule has 31 heavy (non-hydrogen) atoms. The monoisotopic (exact) mass is 417 g/mol. The number of hydrogen-bond acceptors (Lipinski definition) is 5. The van der Waals surface area contributed by atoms with Crippen LogP contribution in [-0.2, 0) is 13.0 Å². The Morgan fingerprint density at radius 2 is 1.77 bits per heavy atom. The Kier molecular flexibility index (Phi) is 5.75. The summed E-state index contributed by atoms with van der Waals surface area (Å²) in [5.41, 5.74) is 10.7. The Bertz CT molecular complexity index is 1230. The highest BCUT2D eigenvalue weighted by atomic mass is 16.5. The molecule has 0 aliphatic rings. The predicted molar refractivity (Wildman–Crippen MR) is 123 cm³/mol. The number of carbonyl (C=O) groups is 1. The first kappa shape index (κ1) is 20.7. The van der Waals surface area contributed by atoms with E-state index in [-0.39, 0.29) is 5.91 Å². The maximum atomic E-state index is 13.1. The average Bonchev–Trinajstić information content (AvgIpc) is 3.02. The lowest BCUT2D eigenvalue weighted by Crippen LogP contribution is -2.26. The topological polar surface area (TPSA) is 95.1 Å². The molecule has 3 N–H and O–H groups in total. The van der Waals surface area contributed by atoms with E-state index < -0.39 is 0 Å². The van der Waals surface area contributed by atoms with Gasteiger partial charge in [-0.05, 0) is 42.2 Å². The number of amides is 1. The van der Waals surface area contributed by atoms with E-state index in [4.69, 9.17) is 20.4 Å². The van der Waals surface area contributed by atoms with Crippen LogP contribution < -0.4 is 15.8 Å². The Balaban J connectivity index is 1.63. The van der Waals surface area contributed by atoms with E-state index in [1.54, 1.807) is 7.11 Å². The maximum absolute atomic E-state index is 13.1. The van der Waals surface area contributed by atoms with Crippen LogP contribution in [0.25, 0.3) is 22.2 Å². The molecule has 0 saturated carbocycles. The molecule has 2 heterocycles. The summed E-state index contributed by atoms with van der Waals surface area (Å²) in [5, 5.41) is 2.99. The van der Waals surface area contributed by atoms with E-state index in [0.29, 0.717) is 48.0 Å². The summed E-state index contributed by atoms with van der Waals surface area (Å²) in [6, 6.07) is 15.4. The lowest BCUT2D eigenvalue weighted by molar-refractivity contribution is 0.0956. The number of nitrogens with two attached hydrogens (primary N) is 1. The molecule has 0 saturated heterocycles. The van der Waals surface area contributed by atoms with E-state index in [1.807, 2.05) is 53.1 Å². The van der Waals surface area contributed by atoms with Crippen molar-refractivity contribution in [2.24, 2.45) is 5.92 Å². The molecule has 4 aromatic rings. The highest BCUT2D eigenvalue weighted by molar-refractivity contribution is 6.10. The molecule has 0 aliphatic heterocycles. The van der Waals surface area contributed by atoms with Crippen molar-refractivity contribution < 1.29 is 9.53 Å². The van der Waals surface area contributed by atoms with Gasteiger partial charge in [0.1, 0.15) is 22.6 Å². The number of carbonyl (C=O) groups excluding carboxylic acids is 1. The molecule has 0 aliphatic carbocycles. The minimum Gasteiger partial charge on any atom is -0.497 e. The van der Waals surface area contributed by atoms with Crippen molar-refractivity contribution in [2.45, 2.75) is 26.8 Å². The summed E-state index contributed by atoms with van der Waals surface area (Å²) in [5.74, 6) is 1.32. The molecule has 2 aromatic heterocycles. The number of hydrogen-bond donors (Lipinski definition) is 2. The molecule has 4 rings (SSSR count). The van der Waals surface area contributed by atoms with Crippen molar-refractivity contribution in [3.63, 3.8) is 0 Å². The zero-order valence-electron chi connectivity index (χ0n) is 18.1. The largest absolute Gasteiger partial charge is 0.497 e. The molecule has 0 unspecified atom stereocenters. The summed E-state index contributed by atoms with van der Waals surface area (Å²) in [4.78, 5) is 22.6. The molecule has 7 nitrogen and oxygen atoms in total. The molecule has 2 aromatic carbocycles. The first-order chi connectivity index (χ1) is 15.0. The molecule has 0 bridgehead atoms. The lowest BCUT2D eigenvalue weighted by Gasteiger charge is -2.10. The summed E-state index contributed by atoms with van der Waals surface area (Å²) >= 11 is 0. The van der Waals surface area contributed by atoms with Crippen LogP contribution in [-0.4, -0.2) is 34.1 Å². The van der Waals surface area contributed by atoms with Crippen LogP contribution in [0.3, 0.4) is 0 Å². The quantitative estimate of drug-likeness (QED) is 0.477. The van der Waals surface area contributed by atoms with Crippen LogP contribution in [0.4, 0.5) is 5.82 Å². The highest BCUT2D eigenvalue weighted by Crippen LogP contribution is 2.28. The Morgan fingerprint density at radius 1 is 1.10 bits per heavy atom. The van der Waals surface area contributed by atoms with Gasteiger partial charge in [-0.1, -0.05) is 38.1 Å². The van der Waals surface area contributed by atoms with Crippen LogP contribution in [0.1, 0.15) is 29.8 Å². The summed E-state index contributed by atoms with van der Waals surface area (Å²) in [7, 11) is 1.64. The maximum Gasteiger partial charge on any atom is 0.257 e. The second-order valence-corrected chi connectivity index (χ2v) is 8.00. The molecule has 0 atom stereocenters. The predicted octanol–water partition coefficient (Wildman–Crippen LogP) is 3.80. The molecule has 7 heteroatoms. The summed E-state index contributed by atoms with van der Waals surface area (Å²) < 4.78 is 7.09. The first-order valence-corrected chi connectivity index (χ1v) is 10.4. The zero-order chi connectivity index (χ0) is 22.0. The van der Waals surface area contributed by atoms with Gasteiger partial charge < -0.3 is 20.4 Å². The molecule has 0 spiro atoms. The van der Waals surface area contributed by atoms with Crippen LogP contribution in [0.15, 0.2) is 48.5 Å². The number of nitrogen functional groups attached to an aromatic ring is 1.